The molecular weight excluding hydrogens is 256 g/mol. The smallest absolute Gasteiger partial charge is 0.178 e. The van der Waals surface area contributed by atoms with Gasteiger partial charge in [-0.15, -0.1) is 0 Å². The van der Waals surface area contributed by atoms with Gasteiger partial charge in [-0.25, -0.2) is 9.97 Å². The van der Waals surface area contributed by atoms with Crippen molar-refractivity contribution in [2.24, 2.45) is 0 Å². The van der Waals surface area contributed by atoms with Crippen molar-refractivity contribution in [1.82, 2.24) is 9.97 Å². The highest BCUT2D eigenvalue weighted by Crippen LogP contribution is 2.44. The first-order chi connectivity index (χ1) is 9.86. The Balaban J connectivity index is 2.17. The number of rotatable bonds is 4. The van der Waals surface area contributed by atoms with E-state index in [1.165, 1.54) is 0 Å². The molecule has 1 aromatic heterocycles. The number of nitrogens with zero attached hydrogens (tertiary/aromatic N) is 4. The van der Waals surface area contributed by atoms with E-state index in [-0.39, 0.29) is 6.61 Å². The van der Waals surface area contributed by atoms with Crippen LogP contribution in [-0.4, -0.2) is 42.1 Å². The lowest BCUT2D eigenvalue weighted by Gasteiger charge is -2.37. The van der Waals surface area contributed by atoms with Crippen molar-refractivity contribution in [1.29, 1.82) is 0 Å². The Labute approximate surface area is 117 Å². The lowest BCUT2D eigenvalue weighted by molar-refractivity contribution is 0.205. The summed E-state index contributed by atoms with van der Waals surface area (Å²) >= 11 is 0. The van der Waals surface area contributed by atoms with Crippen LogP contribution >= 0.6 is 0 Å². The molecule has 20 heavy (non-hydrogen) atoms. The minimum Gasteiger partial charge on any atom is -0.395 e. The fraction of sp³-hybridized carbons (Fsp3) is 0.286. The molecule has 2 aromatic rings. The van der Waals surface area contributed by atoms with E-state index in [4.69, 9.17) is 4.74 Å². The van der Waals surface area contributed by atoms with Gasteiger partial charge in [0.1, 0.15) is 6.73 Å². The maximum absolute atomic E-state index is 9.31. The predicted molar refractivity (Wildman–Crippen MR) is 76.6 cm³/mol. The zero-order valence-electron chi connectivity index (χ0n) is 11.2. The Morgan fingerprint density at radius 1 is 1.05 bits per heavy atom. The van der Waals surface area contributed by atoms with Crippen LogP contribution in [0.1, 0.15) is 0 Å². The molecule has 0 aliphatic carbocycles. The molecule has 0 saturated heterocycles. The van der Waals surface area contributed by atoms with Crippen LogP contribution in [-0.2, 0) is 4.74 Å². The van der Waals surface area contributed by atoms with E-state index in [1.807, 2.05) is 34.1 Å². The number of hydrogen-bond acceptors (Lipinski definition) is 6. The van der Waals surface area contributed by atoms with Gasteiger partial charge in [-0.2, -0.15) is 0 Å². The third kappa shape index (κ3) is 1.99. The Kier molecular flexibility index (Phi) is 3.49. The molecule has 0 atom stereocenters. The summed E-state index contributed by atoms with van der Waals surface area (Å²) in [5.74, 6) is 1.47. The van der Waals surface area contributed by atoms with Crippen LogP contribution in [0.3, 0.4) is 0 Å². The van der Waals surface area contributed by atoms with Gasteiger partial charge in [0.05, 0.1) is 18.0 Å². The number of hydrogen-bond donors (Lipinski definition) is 1. The fourth-order valence-corrected chi connectivity index (χ4v) is 2.44. The highest BCUT2D eigenvalue weighted by Gasteiger charge is 2.29. The fourth-order valence-electron chi connectivity index (χ4n) is 2.44. The number of aliphatic hydroxyl groups is 1. The average Bonchev–Trinajstić information content (AvgIpc) is 2.50. The van der Waals surface area contributed by atoms with Gasteiger partial charge < -0.3 is 14.7 Å². The third-order valence-corrected chi connectivity index (χ3v) is 3.22. The lowest BCUT2D eigenvalue weighted by Crippen LogP contribution is -2.33. The topological polar surface area (TPSA) is 61.7 Å². The van der Waals surface area contributed by atoms with Gasteiger partial charge in [-0.05, 0) is 12.1 Å². The Morgan fingerprint density at radius 2 is 1.65 bits per heavy atom. The summed E-state index contributed by atoms with van der Waals surface area (Å²) in [5, 5.41) is 9.31. The SMILES string of the molecule is COCN1c2ccccc2N(CCO)c2nccnc21. The normalized spacial score (nSPS) is 13.1. The molecule has 0 unspecified atom stereocenters. The number of β-amino-alcohol motifs (C(OH)–C–C–N with tert-alkyl or cyclic N) is 1. The van der Waals surface area contributed by atoms with Crippen molar-refractivity contribution < 1.29 is 9.84 Å². The molecule has 0 saturated carbocycles. The number of aromatic nitrogens is 2. The summed E-state index contributed by atoms with van der Waals surface area (Å²) in [6.45, 7) is 0.924. The second-order valence-corrected chi connectivity index (χ2v) is 4.41. The van der Waals surface area contributed by atoms with E-state index in [0.29, 0.717) is 13.3 Å². The minimum atomic E-state index is 0.0502. The van der Waals surface area contributed by atoms with Crippen LogP contribution in [0.5, 0.6) is 0 Å². The van der Waals surface area contributed by atoms with Gasteiger partial charge in [-0.3, -0.25) is 4.90 Å². The Bertz CT molecular complexity index is 506. The number of methoxy groups -OCH3 is 1. The first kappa shape index (κ1) is 12.8. The minimum absolute atomic E-state index is 0.0502. The van der Waals surface area contributed by atoms with Gasteiger partial charge >= 0.3 is 0 Å². The van der Waals surface area contributed by atoms with Gasteiger partial charge in [0, 0.05) is 26.0 Å². The van der Waals surface area contributed by atoms with Gasteiger partial charge in [-0.1, -0.05) is 12.1 Å². The van der Waals surface area contributed by atoms with Gasteiger partial charge in [0.15, 0.2) is 11.6 Å². The van der Waals surface area contributed by atoms with E-state index in [0.717, 1.165) is 23.0 Å². The zero-order chi connectivity index (χ0) is 13.9. The maximum Gasteiger partial charge on any atom is 0.178 e. The molecule has 6 nitrogen and oxygen atoms in total. The Hall–Kier alpha value is -2.18. The van der Waals surface area contributed by atoms with E-state index in [9.17, 15) is 5.11 Å². The van der Waals surface area contributed by atoms with Crippen molar-refractivity contribution in [3.8, 4) is 0 Å². The number of ether oxygens (including phenoxy) is 1. The molecule has 104 valence electrons. The van der Waals surface area contributed by atoms with E-state index < -0.39 is 0 Å². The van der Waals surface area contributed by atoms with E-state index in [2.05, 4.69) is 9.97 Å². The third-order valence-electron chi connectivity index (χ3n) is 3.22. The van der Waals surface area contributed by atoms with Crippen LogP contribution < -0.4 is 9.80 Å². The summed E-state index contributed by atoms with van der Waals surface area (Å²) in [6, 6.07) is 7.96. The van der Waals surface area contributed by atoms with Crippen LogP contribution in [0, 0.1) is 0 Å². The molecule has 3 rings (SSSR count). The number of para-hydroxylation sites is 2. The monoisotopic (exact) mass is 272 g/mol. The standard InChI is InChI=1S/C14H16N4O2/c1-20-10-18-12-5-3-2-4-11(12)17(8-9-19)13-14(18)16-7-6-15-13/h2-7,19H,8-10H2,1H3. The summed E-state index contributed by atoms with van der Waals surface area (Å²) in [6.07, 6.45) is 3.31. The van der Waals surface area contributed by atoms with Gasteiger partial charge in [0.2, 0.25) is 0 Å². The van der Waals surface area contributed by atoms with Crippen molar-refractivity contribution in [2.45, 2.75) is 0 Å². The van der Waals surface area contributed by atoms with E-state index >= 15 is 0 Å². The summed E-state index contributed by atoms with van der Waals surface area (Å²) in [7, 11) is 1.65. The highest BCUT2D eigenvalue weighted by molar-refractivity contribution is 5.89. The molecule has 1 aromatic carbocycles. The molecule has 0 radical (unpaired) electrons. The number of aliphatic hydroxyl groups excluding tert-OH is 1. The van der Waals surface area contributed by atoms with Gasteiger partial charge in [0.25, 0.3) is 0 Å². The van der Waals surface area contributed by atoms with E-state index in [1.54, 1.807) is 19.5 Å². The second-order valence-electron chi connectivity index (χ2n) is 4.41. The molecule has 1 aliphatic heterocycles. The molecule has 0 fully saturated rings. The second kappa shape index (κ2) is 5.44. The quantitative estimate of drug-likeness (QED) is 0.913. The molecule has 6 heteroatoms. The summed E-state index contributed by atoms with van der Waals surface area (Å²) < 4.78 is 5.28. The number of benzene rings is 1. The lowest BCUT2D eigenvalue weighted by atomic mass is 10.1. The molecule has 0 bridgehead atoms. The highest BCUT2D eigenvalue weighted by atomic mass is 16.5. The van der Waals surface area contributed by atoms with Crippen LogP contribution in [0.15, 0.2) is 36.7 Å². The number of fused-ring (bicyclic) bond motifs is 2. The van der Waals surface area contributed by atoms with Crippen molar-refractivity contribution >= 4 is 23.0 Å². The predicted octanol–water partition coefficient (Wildman–Crippen LogP) is 1.66. The molecular formula is C14H16N4O2. The zero-order valence-corrected chi connectivity index (χ0v) is 11.2. The maximum atomic E-state index is 9.31. The first-order valence-corrected chi connectivity index (χ1v) is 6.41. The van der Waals surface area contributed by atoms with Crippen molar-refractivity contribution in [2.75, 3.05) is 36.8 Å². The van der Waals surface area contributed by atoms with Crippen molar-refractivity contribution in [3.05, 3.63) is 36.7 Å². The molecule has 0 spiro atoms. The molecule has 1 aliphatic rings. The van der Waals surface area contributed by atoms with Crippen LogP contribution in [0.4, 0.5) is 23.0 Å². The summed E-state index contributed by atoms with van der Waals surface area (Å²) in [4.78, 5) is 12.8. The molecule has 2 heterocycles. The molecule has 1 N–H and O–H groups in total. The number of anilines is 4. The molecule has 0 amide bonds. The van der Waals surface area contributed by atoms with Crippen LogP contribution in [0.2, 0.25) is 0 Å². The first-order valence-electron chi connectivity index (χ1n) is 6.41. The van der Waals surface area contributed by atoms with Crippen LogP contribution in [0.25, 0.3) is 0 Å². The van der Waals surface area contributed by atoms with Crippen molar-refractivity contribution in [3.63, 3.8) is 0 Å². The largest absolute Gasteiger partial charge is 0.395 e. The summed E-state index contributed by atoms with van der Waals surface area (Å²) in [5.41, 5.74) is 1.99. The Morgan fingerprint density at radius 3 is 2.25 bits per heavy atom. The average molecular weight is 272 g/mol.